The molecule has 2 saturated heterocycles. The predicted molar refractivity (Wildman–Crippen MR) is 138 cm³/mol. The molecule has 2 N–H and O–H groups in total. The molecule has 3 heterocycles. The largest absolute Gasteiger partial charge is 0.459 e. The van der Waals surface area contributed by atoms with Crippen molar-refractivity contribution < 1.29 is 41.7 Å². The lowest BCUT2D eigenvalue weighted by atomic mass is 9.98. The number of esters is 1. The number of halogens is 1. The average molecular weight is 586 g/mol. The van der Waals surface area contributed by atoms with Gasteiger partial charge in [-0.1, -0.05) is 25.1 Å². The molecule has 15 heteroatoms. The average Bonchev–Trinajstić information content (AvgIpc) is 3.51. The van der Waals surface area contributed by atoms with Crippen molar-refractivity contribution >= 4 is 13.7 Å². The zero-order valence-corrected chi connectivity index (χ0v) is 23.2. The van der Waals surface area contributed by atoms with Crippen LogP contribution in [0.25, 0.3) is 0 Å². The third kappa shape index (κ3) is 7.06. The van der Waals surface area contributed by atoms with E-state index in [-0.39, 0.29) is 12.2 Å². The molecule has 1 unspecified atom stereocenters. The Labute approximate surface area is 229 Å². The first-order chi connectivity index (χ1) is 19.0. The molecule has 2 aliphatic heterocycles. The number of para-hydroxylation sites is 1. The van der Waals surface area contributed by atoms with Crippen LogP contribution in [0.15, 0.2) is 52.2 Å². The van der Waals surface area contributed by atoms with E-state index in [1.807, 2.05) is 4.98 Å². The van der Waals surface area contributed by atoms with Crippen LogP contribution in [0.4, 0.5) is 4.39 Å². The van der Waals surface area contributed by atoms with E-state index in [2.05, 4.69) is 5.09 Å². The summed E-state index contributed by atoms with van der Waals surface area (Å²) in [6.07, 6.45) is -3.65. The monoisotopic (exact) mass is 585 g/mol. The van der Waals surface area contributed by atoms with Crippen molar-refractivity contribution in [2.24, 2.45) is 0 Å². The number of rotatable bonds is 12. The van der Waals surface area contributed by atoms with Gasteiger partial charge in [-0.15, -0.1) is 0 Å². The van der Waals surface area contributed by atoms with Gasteiger partial charge in [0.15, 0.2) is 24.3 Å². The molecule has 4 rings (SSSR count). The highest BCUT2D eigenvalue weighted by Crippen LogP contribution is 2.48. The molecule has 0 amide bonds. The van der Waals surface area contributed by atoms with Crippen LogP contribution in [0.2, 0.25) is 0 Å². The fourth-order valence-electron chi connectivity index (χ4n) is 4.40. The minimum Gasteiger partial charge on any atom is -0.456 e. The second kappa shape index (κ2) is 12.8. The van der Waals surface area contributed by atoms with Crippen LogP contribution in [-0.4, -0.2) is 65.5 Å². The van der Waals surface area contributed by atoms with E-state index >= 15 is 4.39 Å². The van der Waals surface area contributed by atoms with Gasteiger partial charge in [-0.25, -0.2) is 18.8 Å². The van der Waals surface area contributed by atoms with Crippen molar-refractivity contribution in [3.63, 3.8) is 0 Å². The Balaban J connectivity index is 1.60. The number of ether oxygens (including phenoxy) is 4. The Kier molecular flexibility index (Phi) is 9.60. The van der Waals surface area contributed by atoms with Crippen molar-refractivity contribution in [2.45, 2.75) is 70.0 Å². The number of nitrogens with zero attached hydrogens (tertiary/aromatic N) is 1. The fourth-order valence-corrected chi connectivity index (χ4v) is 5.95. The van der Waals surface area contributed by atoms with E-state index in [1.165, 1.54) is 0 Å². The van der Waals surface area contributed by atoms with E-state index in [0.29, 0.717) is 19.6 Å². The van der Waals surface area contributed by atoms with Crippen molar-refractivity contribution in [1.29, 1.82) is 0 Å². The normalized spacial score (nSPS) is 27.2. The number of hydrogen-bond acceptors (Lipinski definition) is 10. The number of H-pyrrole nitrogens is 1. The molecule has 6 atom stereocenters. The summed E-state index contributed by atoms with van der Waals surface area (Å²) in [5.41, 5.74) is -4.05. The van der Waals surface area contributed by atoms with Crippen LogP contribution in [0, 0.1) is 0 Å². The molecule has 0 saturated carbocycles. The lowest BCUT2D eigenvalue weighted by Crippen LogP contribution is -2.46. The summed E-state index contributed by atoms with van der Waals surface area (Å²) in [5, 5.41) is 2.77. The van der Waals surface area contributed by atoms with Crippen molar-refractivity contribution in [3.05, 3.63) is 63.4 Å². The van der Waals surface area contributed by atoms with E-state index in [1.54, 1.807) is 44.2 Å². The lowest BCUT2D eigenvalue weighted by Gasteiger charge is -2.29. The van der Waals surface area contributed by atoms with Crippen molar-refractivity contribution in [3.8, 4) is 5.75 Å². The second-order valence-electron chi connectivity index (χ2n) is 9.58. The predicted octanol–water partition coefficient (Wildman–Crippen LogP) is 2.43. The number of aromatic nitrogens is 2. The number of benzene rings is 1. The first-order valence-corrected chi connectivity index (χ1v) is 14.4. The smallest absolute Gasteiger partial charge is 0.456 e. The minimum atomic E-state index is -4.19. The first-order valence-electron chi connectivity index (χ1n) is 12.9. The number of hydrogen-bond donors (Lipinski definition) is 2. The van der Waals surface area contributed by atoms with E-state index in [4.69, 9.17) is 28.0 Å². The highest BCUT2D eigenvalue weighted by Gasteiger charge is 2.58. The lowest BCUT2D eigenvalue weighted by molar-refractivity contribution is -0.158. The minimum absolute atomic E-state index is 0.0134. The Morgan fingerprint density at radius 2 is 1.95 bits per heavy atom. The van der Waals surface area contributed by atoms with E-state index in [0.717, 1.165) is 23.8 Å². The van der Waals surface area contributed by atoms with Gasteiger partial charge in [0.1, 0.15) is 11.9 Å². The molecule has 2 aliphatic rings. The van der Waals surface area contributed by atoms with Crippen LogP contribution >= 0.6 is 7.75 Å². The van der Waals surface area contributed by atoms with Gasteiger partial charge in [-0.2, -0.15) is 0 Å². The number of alkyl halides is 1. The SMILES string of the molecule is CCCC(=O)O[C@@H]1[C@@H](COP(=O)(N[C@@H](C)C2OCCO2)Oc2ccccc2)O[C@@H](n2ccc(=O)[nH]c2=O)[C@]1(C)F. The number of carbonyl (C=O) groups excluding carboxylic acids is 1. The molecule has 0 radical (unpaired) electrons. The zero-order chi connectivity index (χ0) is 28.9. The van der Waals surface area contributed by atoms with Crippen LogP contribution in [0.3, 0.4) is 0 Å². The van der Waals surface area contributed by atoms with E-state index in [9.17, 15) is 18.9 Å². The van der Waals surface area contributed by atoms with Crippen molar-refractivity contribution in [1.82, 2.24) is 14.6 Å². The summed E-state index contributed by atoms with van der Waals surface area (Å²) in [6.45, 7) is 4.69. The van der Waals surface area contributed by atoms with Gasteiger partial charge < -0.3 is 23.5 Å². The molecule has 0 spiro atoms. The third-order valence-electron chi connectivity index (χ3n) is 6.29. The maximum Gasteiger partial charge on any atom is 0.459 e. The quantitative estimate of drug-likeness (QED) is 0.279. The molecule has 1 aromatic carbocycles. The Hall–Kier alpha value is -2.87. The fraction of sp³-hybridized carbons (Fsp3) is 0.560. The maximum absolute atomic E-state index is 16.3. The van der Waals surface area contributed by atoms with Crippen molar-refractivity contribution in [2.75, 3.05) is 19.8 Å². The third-order valence-corrected chi connectivity index (χ3v) is 7.96. The molecule has 220 valence electrons. The molecular formula is C25H33FN3O10P. The zero-order valence-electron chi connectivity index (χ0n) is 22.3. The Bertz CT molecular complexity index is 1310. The molecule has 40 heavy (non-hydrogen) atoms. The summed E-state index contributed by atoms with van der Waals surface area (Å²) in [7, 11) is -4.19. The molecule has 1 aromatic heterocycles. The number of carbonyl (C=O) groups is 1. The van der Waals surface area contributed by atoms with Gasteiger partial charge in [0, 0.05) is 18.7 Å². The van der Waals surface area contributed by atoms with Gasteiger partial charge in [0.25, 0.3) is 5.56 Å². The van der Waals surface area contributed by atoms with Gasteiger partial charge >= 0.3 is 19.4 Å². The standard InChI is InChI=1S/C25H33FN3O10P/c1-4-8-20(31)38-21-18(37-23(25(21,3)26)29-12-11-19(30)27-24(29)32)15-36-40(33,39-17-9-6-5-7-10-17)28-16(2)22-34-13-14-35-22/h5-7,9-12,16,18,21-23H,4,8,13-15H2,1-3H3,(H,28,33)(H,27,30,32)/t16-,18+,21+,23+,25+,40?/m0/s1. The summed E-state index contributed by atoms with van der Waals surface area (Å²) >= 11 is 0. The van der Waals surface area contributed by atoms with Gasteiger partial charge in [0.2, 0.25) is 0 Å². The first kappa shape index (κ1) is 30.1. The van der Waals surface area contributed by atoms with E-state index < -0.39 is 68.0 Å². The Morgan fingerprint density at radius 3 is 2.60 bits per heavy atom. The topological polar surface area (TPSA) is 156 Å². The Morgan fingerprint density at radius 1 is 1.25 bits per heavy atom. The molecule has 2 aromatic rings. The second-order valence-corrected chi connectivity index (χ2v) is 11.3. The van der Waals surface area contributed by atoms with Crippen LogP contribution in [0.1, 0.15) is 39.8 Å². The molecule has 13 nitrogen and oxygen atoms in total. The van der Waals surface area contributed by atoms with Crippen LogP contribution < -0.4 is 20.9 Å². The van der Waals surface area contributed by atoms with Gasteiger partial charge in [0.05, 0.1) is 25.9 Å². The molecular weight excluding hydrogens is 552 g/mol. The summed E-state index contributed by atoms with van der Waals surface area (Å²) in [6, 6.07) is 8.64. The maximum atomic E-state index is 16.3. The van der Waals surface area contributed by atoms with Gasteiger partial charge in [-0.3, -0.25) is 23.7 Å². The summed E-state index contributed by atoms with van der Waals surface area (Å²) in [4.78, 5) is 38.4. The van der Waals surface area contributed by atoms with Crippen LogP contribution in [-0.2, 0) is 32.8 Å². The van der Waals surface area contributed by atoms with Crippen LogP contribution in [0.5, 0.6) is 5.75 Å². The molecule has 2 fully saturated rings. The summed E-state index contributed by atoms with van der Waals surface area (Å²) in [5.74, 6) is -0.463. The highest BCUT2D eigenvalue weighted by molar-refractivity contribution is 7.52. The molecule has 0 bridgehead atoms. The summed E-state index contributed by atoms with van der Waals surface area (Å²) < 4.78 is 64.7. The number of nitrogens with one attached hydrogen (secondary N) is 2. The number of aromatic amines is 1. The van der Waals surface area contributed by atoms with Gasteiger partial charge in [-0.05, 0) is 32.4 Å². The highest BCUT2D eigenvalue weighted by atomic mass is 31.2. The molecule has 0 aliphatic carbocycles.